The lowest BCUT2D eigenvalue weighted by Crippen LogP contribution is -1.95. The van der Waals surface area contributed by atoms with E-state index in [4.69, 9.17) is 19.2 Å². The molecule has 6 nitrogen and oxygen atoms in total. The van der Waals surface area contributed by atoms with Crippen LogP contribution in [-0.2, 0) is 0 Å². The summed E-state index contributed by atoms with van der Waals surface area (Å²) < 4.78 is 19.6. The monoisotopic (exact) mass is 443 g/mol. The standard InChI is InChI=1S/C25H21N3O3S/c1-29-21-13-19-24(23(31-3)22(21)30-2)32-25(27-19)17-9-11-18(12-10-17)28-15-26-14-20(28)16-7-5-4-6-8-16/h4-15H,1-3H3. The van der Waals surface area contributed by atoms with E-state index in [2.05, 4.69) is 45.9 Å². The van der Waals surface area contributed by atoms with Crippen LogP contribution >= 0.6 is 11.3 Å². The Labute approximate surface area is 189 Å². The first-order valence-corrected chi connectivity index (χ1v) is 10.8. The van der Waals surface area contributed by atoms with Crippen LogP contribution in [0.25, 0.3) is 37.7 Å². The highest BCUT2D eigenvalue weighted by Gasteiger charge is 2.20. The summed E-state index contributed by atoms with van der Waals surface area (Å²) in [6.45, 7) is 0. The zero-order valence-corrected chi connectivity index (χ0v) is 18.7. The minimum Gasteiger partial charge on any atom is -0.493 e. The zero-order valence-electron chi connectivity index (χ0n) is 17.9. The van der Waals surface area contributed by atoms with Gasteiger partial charge in [-0.1, -0.05) is 30.3 Å². The van der Waals surface area contributed by atoms with E-state index in [9.17, 15) is 0 Å². The van der Waals surface area contributed by atoms with Gasteiger partial charge in [0.25, 0.3) is 0 Å². The van der Waals surface area contributed by atoms with Crippen LogP contribution < -0.4 is 14.2 Å². The average Bonchev–Trinajstić information content (AvgIpc) is 3.50. The minimum atomic E-state index is 0.571. The molecule has 0 bridgehead atoms. The molecule has 0 N–H and O–H groups in total. The molecule has 160 valence electrons. The Bertz CT molecular complexity index is 1380. The number of hydrogen-bond donors (Lipinski definition) is 0. The lowest BCUT2D eigenvalue weighted by atomic mass is 10.1. The Morgan fingerprint density at radius 2 is 1.56 bits per heavy atom. The molecule has 5 aromatic rings. The first-order chi connectivity index (χ1) is 15.7. The van der Waals surface area contributed by atoms with Crippen molar-refractivity contribution in [2.24, 2.45) is 0 Å². The first-order valence-electron chi connectivity index (χ1n) is 10.0. The average molecular weight is 444 g/mol. The van der Waals surface area contributed by atoms with Gasteiger partial charge in [-0.05, 0) is 24.3 Å². The predicted molar refractivity (Wildman–Crippen MR) is 127 cm³/mol. The topological polar surface area (TPSA) is 58.4 Å². The van der Waals surface area contributed by atoms with E-state index in [1.54, 1.807) is 32.7 Å². The van der Waals surface area contributed by atoms with Crippen LogP contribution in [-0.4, -0.2) is 35.9 Å². The lowest BCUT2D eigenvalue weighted by molar-refractivity contribution is 0.327. The molecule has 0 spiro atoms. The minimum absolute atomic E-state index is 0.571. The third-order valence-corrected chi connectivity index (χ3v) is 6.41. The van der Waals surface area contributed by atoms with Crippen molar-refractivity contribution in [1.82, 2.24) is 14.5 Å². The molecule has 2 heterocycles. The van der Waals surface area contributed by atoms with Gasteiger partial charge < -0.3 is 14.2 Å². The van der Waals surface area contributed by atoms with Crippen molar-refractivity contribution < 1.29 is 14.2 Å². The molecule has 0 saturated heterocycles. The quantitative estimate of drug-likeness (QED) is 0.330. The summed E-state index contributed by atoms with van der Waals surface area (Å²) >= 11 is 1.56. The van der Waals surface area contributed by atoms with Crippen LogP contribution in [0.1, 0.15) is 0 Å². The maximum atomic E-state index is 5.62. The molecule has 0 aliphatic carbocycles. The molecule has 0 radical (unpaired) electrons. The van der Waals surface area contributed by atoms with Gasteiger partial charge in [-0.25, -0.2) is 9.97 Å². The fourth-order valence-electron chi connectivity index (χ4n) is 3.74. The number of methoxy groups -OCH3 is 3. The van der Waals surface area contributed by atoms with Crippen LogP contribution in [0.2, 0.25) is 0 Å². The number of nitrogens with zero attached hydrogens (tertiary/aromatic N) is 3. The summed E-state index contributed by atoms with van der Waals surface area (Å²) in [5.41, 5.74) is 5.03. The smallest absolute Gasteiger partial charge is 0.204 e. The van der Waals surface area contributed by atoms with E-state index in [0.29, 0.717) is 17.2 Å². The van der Waals surface area contributed by atoms with Crippen molar-refractivity contribution in [3.05, 3.63) is 73.2 Å². The molecule has 0 aliphatic rings. The highest BCUT2D eigenvalue weighted by atomic mass is 32.1. The Hall–Kier alpha value is -3.84. The van der Waals surface area contributed by atoms with E-state index in [-0.39, 0.29) is 0 Å². The molecule has 5 rings (SSSR count). The molecule has 0 aliphatic heterocycles. The van der Waals surface area contributed by atoms with Gasteiger partial charge in [0.05, 0.1) is 45.1 Å². The molecular weight excluding hydrogens is 422 g/mol. The summed E-state index contributed by atoms with van der Waals surface area (Å²) in [5, 5.41) is 0.897. The van der Waals surface area contributed by atoms with E-state index in [1.807, 2.05) is 36.8 Å². The highest BCUT2D eigenvalue weighted by Crippen LogP contribution is 2.46. The van der Waals surface area contributed by atoms with Crippen LogP contribution in [0, 0.1) is 0 Å². The molecule has 0 amide bonds. The number of ether oxygens (including phenoxy) is 3. The van der Waals surface area contributed by atoms with Crippen molar-refractivity contribution in [3.8, 4) is 44.8 Å². The number of fused-ring (bicyclic) bond motifs is 1. The molecule has 2 aromatic heterocycles. The molecule has 7 heteroatoms. The normalized spacial score (nSPS) is 11.0. The third kappa shape index (κ3) is 3.36. The number of hydrogen-bond acceptors (Lipinski definition) is 6. The predicted octanol–water partition coefficient (Wildman–Crippen LogP) is 5.84. The van der Waals surface area contributed by atoms with Crippen molar-refractivity contribution in [3.63, 3.8) is 0 Å². The van der Waals surface area contributed by atoms with Crippen molar-refractivity contribution in [2.45, 2.75) is 0 Å². The number of rotatable bonds is 6. The van der Waals surface area contributed by atoms with Gasteiger partial charge in [0.1, 0.15) is 9.71 Å². The Morgan fingerprint density at radius 3 is 2.25 bits per heavy atom. The van der Waals surface area contributed by atoms with E-state index in [0.717, 1.165) is 37.7 Å². The van der Waals surface area contributed by atoms with Gasteiger partial charge in [-0.2, -0.15) is 0 Å². The number of imidazole rings is 1. The fourth-order valence-corrected chi connectivity index (χ4v) is 4.81. The second kappa shape index (κ2) is 8.36. The molecule has 0 atom stereocenters. The van der Waals surface area contributed by atoms with Crippen LogP contribution in [0.4, 0.5) is 0 Å². The van der Waals surface area contributed by atoms with Gasteiger partial charge in [0.15, 0.2) is 11.5 Å². The van der Waals surface area contributed by atoms with Crippen molar-refractivity contribution >= 4 is 21.6 Å². The largest absolute Gasteiger partial charge is 0.493 e. The molecule has 0 saturated carbocycles. The molecule has 3 aromatic carbocycles. The summed E-state index contributed by atoms with van der Waals surface area (Å²) in [5.74, 6) is 1.80. The van der Waals surface area contributed by atoms with Crippen LogP contribution in [0.5, 0.6) is 17.2 Å². The van der Waals surface area contributed by atoms with Crippen molar-refractivity contribution in [1.29, 1.82) is 0 Å². The second-order valence-corrected chi connectivity index (χ2v) is 8.07. The van der Waals surface area contributed by atoms with Crippen LogP contribution in [0.15, 0.2) is 73.2 Å². The van der Waals surface area contributed by atoms with E-state index < -0.39 is 0 Å². The lowest BCUT2D eigenvalue weighted by Gasteiger charge is -2.11. The van der Waals surface area contributed by atoms with Gasteiger partial charge in [0, 0.05) is 22.9 Å². The van der Waals surface area contributed by atoms with Gasteiger partial charge in [-0.15, -0.1) is 11.3 Å². The summed E-state index contributed by atoms with van der Waals surface area (Å²) in [4.78, 5) is 9.17. The van der Waals surface area contributed by atoms with Gasteiger partial charge in [-0.3, -0.25) is 4.57 Å². The van der Waals surface area contributed by atoms with Crippen LogP contribution in [0.3, 0.4) is 0 Å². The SMILES string of the molecule is COc1cc2nc(-c3ccc(-n4cncc4-c4ccccc4)cc3)sc2c(OC)c1OC. The summed E-state index contributed by atoms with van der Waals surface area (Å²) in [6.07, 6.45) is 3.71. The Kier molecular flexibility index (Phi) is 5.25. The molecule has 0 unspecified atom stereocenters. The number of aromatic nitrogens is 3. The molecule has 32 heavy (non-hydrogen) atoms. The van der Waals surface area contributed by atoms with Gasteiger partial charge in [0.2, 0.25) is 5.75 Å². The first kappa shape index (κ1) is 20.1. The van der Waals surface area contributed by atoms with E-state index in [1.165, 1.54) is 0 Å². The maximum Gasteiger partial charge on any atom is 0.204 e. The highest BCUT2D eigenvalue weighted by molar-refractivity contribution is 7.22. The fraction of sp³-hybridized carbons (Fsp3) is 0.120. The summed E-state index contributed by atoms with van der Waals surface area (Å²) in [6, 6.07) is 20.4. The number of thiazole rings is 1. The van der Waals surface area contributed by atoms with E-state index >= 15 is 0 Å². The molecular formula is C25H21N3O3S. The molecule has 0 fully saturated rings. The Balaban J connectivity index is 1.53. The van der Waals surface area contributed by atoms with Gasteiger partial charge >= 0.3 is 0 Å². The zero-order chi connectivity index (χ0) is 22.1. The maximum absolute atomic E-state index is 5.62. The third-order valence-electron chi connectivity index (χ3n) is 5.29. The second-order valence-electron chi connectivity index (χ2n) is 7.07. The number of benzene rings is 3. The van der Waals surface area contributed by atoms with Crippen molar-refractivity contribution in [2.75, 3.05) is 21.3 Å². The Morgan fingerprint density at radius 1 is 0.812 bits per heavy atom. The summed E-state index contributed by atoms with van der Waals surface area (Å²) in [7, 11) is 4.84.